The summed E-state index contributed by atoms with van der Waals surface area (Å²) in [5.74, 6) is 0.618. The molecule has 0 atom stereocenters. The average molecular weight is 894 g/mol. The molecule has 0 aliphatic heterocycles. The van der Waals surface area contributed by atoms with E-state index in [0.29, 0.717) is 5.95 Å². The second-order valence-electron chi connectivity index (χ2n) is 18.1. The maximum absolute atomic E-state index is 5.50. The Morgan fingerprint density at radius 2 is 0.900 bits per heavy atom. The van der Waals surface area contributed by atoms with Gasteiger partial charge >= 0.3 is 0 Å². The minimum absolute atomic E-state index is 0.618. The number of aromatic nitrogens is 5. The minimum atomic E-state index is 0.618. The maximum atomic E-state index is 5.50. The molecule has 0 aliphatic carbocycles. The van der Waals surface area contributed by atoms with Gasteiger partial charge in [0.2, 0.25) is 5.95 Å². The van der Waals surface area contributed by atoms with Gasteiger partial charge in [-0.25, -0.2) is 9.97 Å². The highest BCUT2D eigenvalue weighted by Crippen LogP contribution is 2.44. The molecule has 10 aromatic carbocycles. The predicted molar refractivity (Wildman–Crippen MR) is 296 cm³/mol. The van der Waals surface area contributed by atoms with Gasteiger partial charge in [0.25, 0.3) is 0 Å². The summed E-state index contributed by atoms with van der Waals surface area (Å²) in [5.41, 5.74) is 13.8. The second kappa shape index (κ2) is 15.6. The van der Waals surface area contributed by atoms with E-state index in [1.807, 2.05) is 6.08 Å². The largest absolute Gasteiger partial charge is 0.309 e. The smallest absolute Gasteiger partial charge is 0.235 e. The van der Waals surface area contributed by atoms with Crippen LogP contribution >= 0.6 is 0 Å². The molecule has 70 heavy (non-hydrogen) atoms. The third-order valence-corrected chi connectivity index (χ3v) is 14.3. The van der Waals surface area contributed by atoms with E-state index in [2.05, 4.69) is 252 Å². The van der Waals surface area contributed by atoms with Gasteiger partial charge in [0, 0.05) is 54.7 Å². The molecule has 14 rings (SSSR count). The summed E-state index contributed by atoms with van der Waals surface area (Å²) in [6.07, 6.45) is 6.39. The SMILES string of the molecule is C=Cc1c(/C=C\C)n(-c2ccc3c(c2)c2ccccc2n3-c2nc(-c3cccc4ccccc34)cc(-c3cccc4ccccc34)n2)c2ccc3c(c4ccccc4n3-c3cccc4ccccc34)c12. The number of hydrogen-bond acceptors (Lipinski definition) is 2. The topological polar surface area (TPSA) is 40.6 Å². The van der Waals surface area contributed by atoms with Crippen LogP contribution in [0.25, 0.3) is 139 Å². The lowest BCUT2D eigenvalue weighted by Gasteiger charge is -2.14. The lowest BCUT2D eigenvalue weighted by Crippen LogP contribution is -2.04. The van der Waals surface area contributed by atoms with Crippen LogP contribution in [0.3, 0.4) is 0 Å². The van der Waals surface area contributed by atoms with Gasteiger partial charge in [-0.05, 0) is 94.5 Å². The molecule has 4 heterocycles. The highest BCUT2D eigenvalue weighted by Gasteiger charge is 2.24. The molecule has 5 heteroatoms. The van der Waals surface area contributed by atoms with Gasteiger partial charge in [-0.2, -0.15) is 0 Å². The van der Waals surface area contributed by atoms with Crippen molar-refractivity contribution in [3.05, 3.63) is 236 Å². The molecule has 14 aromatic rings. The molecule has 0 saturated carbocycles. The monoisotopic (exact) mass is 893 g/mol. The number of fused-ring (bicyclic) bond motifs is 11. The van der Waals surface area contributed by atoms with Gasteiger partial charge < -0.3 is 9.13 Å². The summed E-state index contributed by atoms with van der Waals surface area (Å²) >= 11 is 0. The van der Waals surface area contributed by atoms with Crippen LogP contribution in [0.5, 0.6) is 0 Å². The molecule has 0 spiro atoms. The summed E-state index contributed by atoms with van der Waals surface area (Å²) in [7, 11) is 0. The van der Waals surface area contributed by atoms with Crippen LogP contribution in [0.1, 0.15) is 18.2 Å². The molecule has 0 fully saturated rings. The van der Waals surface area contributed by atoms with Gasteiger partial charge in [-0.3, -0.25) is 4.57 Å². The molecule has 4 aromatic heterocycles. The van der Waals surface area contributed by atoms with Crippen LogP contribution in [-0.4, -0.2) is 23.7 Å². The fourth-order valence-corrected chi connectivity index (χ4v) is 11.4. The van der Waals surface area contributed by atoms with E-state index in [-0.39, 0.29) is 0 Å². The Kier molecular flexibility index (Phi) is 8.89. The predicted octanol–water partition coefficient (Wildman–Crippen LogP) is 17.1. The molecule has 0 amide bonds. The molecule has 0 saturated heterocycles. The summed E-state index contributed by atoms with van der Waals surface area (Å²) in [5, 5.41) is 12.9. The quantitative estimate of drug-likeness (QED) is 0.160. The van der Waals surface area contributed by atoms with Crippen LogP contribution in [0, 0.1) is 0 Å². The Bertz CT molecular complexity index is 4410. The van der Waals surface area contributed by atoms with Crippen molar-refractivity contribution in [3.8, 4) is 39.8 Å². The lowest BCUT2D eigenvalue weighted by atomic mass is 9.99. The molecule has 0 bridgehead atoms. The molecule has 0 radical (unpaired) electrons. The highest BCUT2D eigenvalue weighted by molar-refractivity contribution is 6.24. The van der Waals surface area contributed by atoms with E-state index in [9.17, 15) is 0 Å². The molecular weight excluding hydrogens is 851 g/mol. The molecule has 328 valence electrons. The van der Waals surface area contributed by atoms with Crippen LogP contribution < -0.4 is 0 Å². The van der Waals surface area contributed by atoms with Gasteiger partial charge in [0.1, 0.15) is 0 Å². The van der Waals surface area contributed by atoms with Gasteiger partial charge in [0.05, 0.1) is 50.4 Å². The van der Waals surface area contributed by atoms with Gasteiger partial charge in [-0.15, -0.1) is 0 Å². The standard InChI is InChI=1S/C65H43N5/c1-3-18-56-45(4-2)63-61(37-38-62-64(63)52-29-12-14-33-59(52)69(62)57-34-17-24-43-21-7-10-27-48(43)57)68(56)44-35-36-60-53(39-44)51-28-11-13-32-58(51)70(60)65-66-54(49-30-15-22-41-19-5-8-25-46(41)49)40-55(67-65)50-31-16-23-42-20-6-9-26-47(42)50/h3-40H,2H2,1H3/b18-3-. The van der Waals surface area contributed by atoms with Crippen molar-refractivity contribution in [2.24, 2.45) is 0 Å². The van der Waals surface area contributed by atoms with Crippen molar-refractivity contribution >= 4 is 99.0 Å². The van der Waals surface area contributed by atoms with Crippen molar-refractivity contribution in [1.29, 1.82) is 0 Å². The van der Waals surface area contributed by atoms with E-state index in [1.54, 1.807) is 0 Å². The van der Waals surface area contributed by atoms with Crippen molar-refractivity contribution in [2.45, 2.75) is 6.92 Å². The lowest BCUT2D eigenvalue weighted by molar-refractivity contribution is 0.996. The maximum Gasteiger partial charge on any atom is 0.235 e. The first-order valence-electron chi connectivity index (χ1n) is 23.9. The third-order valence-electron chi connectivity index (χ3n) is 14.3. The number of benzene rings is 10. The van der Waals surface area contributed by atoms with Crippen molar-refractivity contribution < 1.29 is 0 Å². The molecule has 5 nitrogen and oxygen atoms in total. The van der Waals surface area contributed by atoms with Gasteiger partial charge in [0.15, 0.2) is 0 Å². The second-order valence-corrected chi connectivity index (χ2v) is 18.1. The number of rotatable bonds is 7. The summed E-state index contributed by atoms with van der Waals surface area (Å²) in [6.45, 7) is 6.56. The fourth-order valence-electron chi connectivity index (χ4n) is 11.4. The zero-order valence-corrected chi connectivity index (χ0v) is 38.4. The minimum Gasteiger partial charge on any atom is -0.309 e. The van der Waals surface area contributed by atoms with Gasteiger partial charge in [-0.1, -0.05) is 176 Å². The summed E-state index contributed by atoms with van der Waals surface area (Å²) < 4.78 is 7.10. The van der Waals surface area contributed by atoms with Crippen molar-refractivity contribution in [2.75, 3.05) is 0 Å². The Morgan fingerprint density at radius 3 is 1.54 bits per heavy atom. The third kappa shape index (κ3) is 5.85. The van der Waals surface area contributed by atoms with Crippen LogP contribution in [0.2, 0.25) is 0 Å². The van der Waals surface area contributed by atoms with Crippen LogP contribution in [0.15, 0.2) is 225 Å². The normalized spacial score (nSPS) is 12.1. The highest BCUT2D eigenvalue weighted by atomic mass is 15.2. The Hall–Kier alpha value is -9.32. The number of para-hydroxylation sites is 2. The first-order valence-corrected chi connectivity index (χ1v) is 23.9. The fraction of sp³-hybridized carbons (Fsp3) is 0.0154. The van der Waals surface area contributed by atoms with Crippen LogP contribution in [-0.2, 0) is 0 Å². The van der Waals surface area contributed by atoms with Crippen molar-refractivity contribution in [3.63, 3.8) is 0 Å². The van der Waals surface area contributed by atoms with E-state index >= 15 is 0 Å². The van der Waals surface area contributed by atoms with Crippen molar-refractivity contribution in [1.82, 2.24) is 23.7 Å². The first kappa shape index (κ1) is 39.8. The molecule has 0 unspecified atom stereocenters. The Balaban J connectivity index is 1.02. The molecule has 0 N–H and O–H groups in total. The molecular formula is C65H43N5. The van der Waals surface area contributed by atoms with E-state index in [4.69, 9.17) is 9.97 Å². The summed E-state index contributed by atoms with van der Waals surface area (Å²) in [4.78, 5) is 11.0. The average Bonchev–Trinajstić information content (AvgIpc) is 4.05. The van der Waals surface area contributed by atoms with E-state index < -0.39 is 0 Å². The zero-order chi connectivity index (χ0) is 46.5. The van der Waals surface area contributed by atoms with E-state index in [0.717, 1.165) is 88.8 Å². The molecule has 0 aliphatic rings. The Morgan fingerprint density at radius 1 is 0.400 bits per heavy atom. The number of nitrogens with zero attached hydrogens (tertiary/aromatic N) is 5. The first-order chi connectivity index (χ1) is 34.7. The Labute approximate surface area is 403 Å². The van der Waals surface area contributed by atoms with Crippen LogP contribution in [0.4, 0.5) is 0 Å². The number of allylic oxidation sites excluding steroid dienone is 1. The van der Waals surface area contributed by atoms with E-state index in [1.165, 1.54) is 43.2 Å². The summed E-state index contributed by atoms with van der Waals surface area (Å²) in [6, 6.07) is 76.3. The zero-order valence-electron chi connectivity index (χ0n) is 38.4. The number of hydrogen-bond donors (Lipinski definition) is 0.